The highest BCUT2D eigenvalue weighted by Crippen LogP contribution is 2.22. The van der Waals surface area contributed by atoms with Crippen LogP contribution < -0.4 is 9.47 Å². The summed E-state index contributed by atoms with van der Waals surface area (Å²) >= 11 is 0. The lowest BCUT2D eigenvalue weighted by Crippen LogP contribution is -2.37. The maximum absolute atomic E-state index is 5.74. The highest BCUT2D eigenvalue weighted by Gasteiger charge is 2.20. The Balaban J connectivity index is 1.38. The number of methoxy groups -OCH3 is 1. The lowest BCUT2D eigenvalue weighted by molar-refractivity contribution is 0.157. The van der Waals surface area contributed by atoms with Gasteiger partial charge in [-0.2, -0.15) is 0 Å². The van der Waals surface area contributed by atoms with Crippen molar-refractivity contribution in [1.82, 2.24) is 19.8 Å². The first kappa shape index (κ1) is 23.2. The molecule has 0 N–H and O–H groups in total. The number of aromatic nitrogens is 2. The van der Waals surface area contributed by atoms with Gasteiger partial charge in [-0.1, -0.05) is 24.3 Å². The Labute approximate surface area is 197 Å². The van der Waals surface area contributed by atoms with Crippen LogP contribution in [-0.4, -0.2) is 60.1 Å². The van der Waals surface area contributed by atoms with Gasteiger partial charge in [-0.3, -0.25) is 4.90 Å². The van der Waals surface area contributed by atoms with Crippen molar-refractivity contribution >= 4 is 0 Å². The van der Waals surface area contributed by atoms with Crippen molar-refractivity contribution in [3.63, 3.8) is 0 Å². The molecule has 4 rings (SSSR count). The molecular formula is C27H34N4O2. The van der Waals surface area contributed by atoms with Gasteiger partial charge in [-0.05, 0) is 86.8 Å². The van der Waals surface area contributed by atoms with Gasteiger partial charge in [-0.15, -0.1) is 0 Å². The predicted octanol–water partition coefficient (Wildman–Crippen LogP) is 4.66. The summed E-state index contributed by atoms with van der Waals surface area (Å²) < 4.78 is 11.0. The van der Waals surface area contributed by atoms with Crippen LogP contribution in [0.25, 0.3) is 0 Å². The first-order chi connectivity index (χ1) is 16.2. The van der Waals surface area contributed by atoms with Crippen LogP contribution in [-0.2, 0) is 13.0 Å². The van der Waals surface area contributed by atoms with Gasteiger partial charge in [0.1, 0.15) is 11.5 Å². The minimum atomic E-state index is 0.369. The van der Waals surface area contributed by atoms with E-state index in [2.05, 4.69) is 51.1 Å². The van der Waals surface area contributed by atoms with Gasteiger partial charge >= 0.3 is 6.01 Å². The second-order valence-electron chi connectivity index (χ2n) is 8.86. The molecule has 6 nitrogen and oxygen atoms in total. The maximum atomic E-state index is 5.74. The Morgan fingerprint density at radius 3 is 2.21 bits per heavy atom. The van der Waals surface area contributed by atoms with Crippen LogP contribution in [0.5, 0.6) is 17.5 Å². The zero-order valence-corrected chi connectivity index (χ0v) is 19.7. The van der Waals surface area contributed by atoms with Crippen LogP contribution in [0.1, 0.15) is 24.0 Å². The molecule has 0 radical (unpaired) electrons. The third kappa shape index (κ3) is 7.27. The van der Waals surface area contributed by atoms with Crippen LogP contribution in [0.2, 0.25) is 0 Å². The van der Waals surface area contributed by atoms with Crippen LogP contribution in [0.4, 0.5) is 0 Å². The SMILES string of the molecule is COc1ccc(CCN(Cc2ccc(Oc3ncccn3)cc2)CC2CCN(C)CC2)cc1. The number of benzene rings is 2. The number of nitrogens with zero attached hydrogens (tertiary/aromatic N) is 4. The van der Waals surface area contributed by atoms with Crippen molar-refractivity contribution in [3.8, 4) is 17.5 Å². The van der Waals surface area contributed by atoms with Gasteiger partial charge in [-0.25, -0.2) is 9.97 Å². The highest BCUT2D eigenvalue weighted by molar-refractivity contribution is 5.29. The molecule has 1 aromatic heterocycles. The predicted molar refractivity (Wildman–Crippen MR) is 131 cm³/mol. The summed E-state index contributed by atoms with van der Waals surface area (Å²) in [4.78, 5) is 13.3. The number of hydrogen-bond acceptors (Lipinski definition) is 6. The van der Waals surface area contributed by atoms with E-state index in [0.717, 1.165) is 43.5 Å². The van der Waals surface area contributed by atoms with Crippen molar-refractivity contribution in [2.24, 2.45) is 5.92 Å². The summed E-state index contributed by atoms with van der Waals surface area (Å²) in [6.45, 7) is 5.51. The van der Waals surface area contributed by atoms with Crippen molar-refractivity contribution < 1.29 is 9.47 Å². The van der Waals surface area contributed by atoms with E-state index in [1.54, 1.807) is 25.6 Å². The Hall–Kier alpha value is -2.96. The second kappa shape index (κ2) is 11.8. The van der Waals surface area contributed by atoms with E-state index in [9.17, 15) is 0 Å². The topological polar surface area (TPSA) is 50.7 Å². The summed E-state index contributed by atoms with van der Waals surface area (Å²) in [6.07, 6.45) is 6.95. The van der Waals surface area contributed by atoms with E-state index >= 15 is 0 Å². The molecule has 2 heterocycles. The molecule has 0 unspecified atom stereocenters. The molecule has 6 heteroatoms. The third-order valence-corrected chi connectivity index (χ3v) is 6.31. The number of likely N-dealkylation sites (tertiary alicyclic amines) is 1. The fourth-order valence-corrected chi connectivity index (χ4v) is 4.29. The summed E-state index contributed by atoms with van der Waals surface area (Å²) in [5, 5.41) is 0. The zero-order chi connectivity index (χ0) is 22.9. The number of rotatable bonds is 10. The first-order valence-corrected chi connectivity index (χ1v) is 11.8. The molecule has 33 heavy (non-hydrogen) atoms. The fourth-order valence-electron chi connectivity index (χ4n) is 4.29. The quantitative estimate of drug-likeness (QED) is 0.451. The smallest absolute Gasteiger partial charge is 0.321 e. The van der Waals surface area contributed by atoms with E-state index in [1.807, 2.05) is 24.3 Å². The molecule has 0 aliphatic carbocycles. The average molecular weight is 447 g/mol. The van der Waals surface area contributed by atoms with Crippen molar-refractivity contribution in [2.45, 2.75) is 25.8 Å². The number of hydrogen-bond donors (Lipinski definition) is 0. The van der Waals surface area contributed by atoms with E-state index in [0.29, 0.717) is 6.01 Å². The molecule has 0 amide bonds. The van der Waals surface area contributed by atoms with E-state index < -0.39 is 0 Å². The van der Waals surface area contributed by atoms with Crippen molar-refractivity contribution in [2.75, 3.05) is 40.3 Å². The summed E-state index contributed by atoms with van der Waals surface area (Å²) in [5.41, 5.74) is 2.63. The van der Waals surface area contributed by atoms with Gasteiger partial charge in [0.05, 0.1) is 7.11 Å². The molecule has 0 bridgehead atoms. The molecule has 0 saturated carbocycles. The first-order valence-electron chi connectivity index (χ1n) is 11.8. The molecule has 1 fully saturated rings. The van der Waals surface area contributed by atoms with Crippen LogP contribution in [0, 0.1) is 5.92 Å². The molecule has 1 saturated heterocycles. The van der Waals surface area contributed by atoms with Gasteiger partial charge in [0.25, 0.3) is 0 Å². The van der Waals surface area contributed by atoms with E-state index in [4.69, 9.17) is 9.47 Å². The minimum absolute atomic E-state index is 0.369. The van der Waals surface area contributed by atoms with Crippen LogP contribution in [0.3, 0.4) is 0 Å². The largest absolute Gasteiger partial charge is 0.497 e. The lowest BCUT2D eigenvalue weighted by Gasteiger charge is -2.33. The molecule has 3 aromatic rings. The molecule has 174 valence electrons. The molecule has 1 aliphatic rings. The van der Waals surface area contributed by atoms with Crippen molar-refractivity contribution in [1.29, 1.82) is 0 Å². The lowest BCUT2D eigenvalue weighted by atomic mass is 9.96. The molecule has 0 atom stereocenters. The van der Waals surface area contributed by atoms with E-state index in [-0.39, 0.29) is 0 Å². The Bertz CT molecular complexity index is 956. The van der Waals surface area contributed by atoms with Gasteiger partial charge in [0.15, 0.2) is 0 Å². The van der Waals surface area contributed by atoms with Gasteiger partial charge < -0.3 is 14.4 Å². The zero-order valence-electron chi connectivity index (χ0n) is 19.7. The second-order valence-corrected chi connectivity index (χ2v) is 8.86. The summed E-state index contributed by atoms with van der Waals surface area (Å²) in [6, 6.07) is 18.9. The Morgan fingerprint density at radius 2 is 1.55 bits per heavy atom. The Morgan fingerprint density at radius 1 is 0.909 bits per heavy atom. The van der Waals surface area contributed by atoms with E-state index in [1.165, 1.54) is 37.1 Å². The summed E-state index contributed by atoms with van der Waals surface area (Å²) in [7, 11) is 3.93. The Kier molecular flexibility index (Phi) is 8.28. The molecular weight excluding hydrogens is 412 g/mol. The van der Waals surface area contributed by atoms with Crippen molar-refractivity contribution in [3.05, 3.63) is 78.1 Å². The molecule has 2 aromatic carbocycles. The minimum Gasteiger partial charge on any atom is -0.497 e. The van der Waals surface area contributed by atoms with Crippen LogP contribution in [0.15, 0.2) is 67.0 Å². The fraction of sp³-hybridized carbons (Fsp3) is 0.407. The summed E-state index contributed by atoms with van der Waals surface area (Å²) in [5.74, 6) is 2.42. The highest BCUT2D eigenvalue weighted by atomic mass is 16.5. The molecule has 0 spiro atoms. The third-order valence-electron chi connectivity index (χ3n) is 6.31. The average Bonchev–Trinajstić information content (AvgIpc) is 2.86. The van der Waals surface area contributed by atoms with Gasteiger partial charge in [0.2, 0.25) is 0 Å². The maximum Gasteiger partial charge on any atom is 0.321 e. The normalized spacial score (nSPS) is 15.0. The molecule has 1 aliphatic heterocycles. The number of piperidine rings is 1. The van der Waals surface area contributed by atoms with Crippen LogP contribution >= 0.6 is 0 Å². The monoisotopic (exact) mass is 446 g/mol. The van der Waals surface area contributed by atoms with Gasteiger partial charge in [0, 0.05) is 32.0 Å². The number of ether oxygens (including phenoxy) is 2. The standard InChI is InChI=1S/C27H34N4O2/c1-30-17-12-24(13-18-30)21-31(19-14-22-4-8-25(32-2)9-5-22)20-23-6-10-26(11-7-23)33-27-28-15-3-16-29-27/h3-11,15-16,24H,12-14,17-21H2,1-2H3.